The first-order valence-corrected chi connectivity index (χ1v) is 14.9. The van der Waals surface area contributed by atoms with Crippen LogP contribution < -0.4 is 24.8 Å². The highest BCUT2D eigenvalue weighted by molar-refractivity contribution is 7.92. The second-order valence-electron chi connectivity index (χ2n) is 9.27. The second-order valence-corrected chi connectivity index (χ2v) is 11.1. The lowest BCUT2D eigenvalue weighted by molar-refractivity contribution is -0.119. The Kier molecular flexibility index (Phi) is 9.83. The molecule has 43 heavy (non-hydrogen) atoms. The number of carbonyl (C=O) groups excluding carboxylic acids is 1. The fourth-order valence-corrected chi connectivity index (χ4v) is 5.82. The number of hydrogen-bond donors (Lipinski definition) is 1. The van der Waals surface area contributed by atoms with Crippen LogP contribution in [0.3, 0.4) is 0 Å². The number of nitrogens with one attached hydrogen (secondary N) is 1. The van der Waals surface area contributed by atoms with E-state index >= 15 is 0 Å². The van der Waals surface area contributed by atoms with E-state index in [1.54, 1.807) is 85.4 Å². The molecule has 0 radical (unpaired) electrons. The van der Waals surface area contributed by atoms with E-state index in [-0.39, 0.29) is 10.6 Å². The number of sulfonamides is 1. The van der Waals surface area contributed by atoms with Crippen molar-refractivity contribution in [3.05, 3.63) is 113 Å². The zero-order valence-electron chi connectivity index (χ0n) is 24.1. The van der Waals surface area contributed by atoms with Gasteiger partial charge in [-0.3, -0.25) is 14.3 Å². The minimum Gasteiger partial charge on any atom is -0.490 e. The van der Waals surface area contributed by atoms with Crippen LogP contribution in [-0.2, 0) is 21.9 Å². The van der Waals surface area contributed by atoms with Crippen LogP contribution >= 0.6 is 0 Å². The predicted molar refractivity (Wildman–Crippen MR) is 166 cm³/mol. The molecule has 12 heteroatoms. The first-order valence-electron chi connectivity index (χ1n) is 13.4. The molecule has 1 amide bonds. The summed E-state index contributed by atoms with van der Waals surface area (Å²) in [5.74, 6) is 0.277. The summed E-state index contributed by atoms with van der Waals surface area (Å²) in [5.41, 5.74) is 3.13. The zero-order valence-corrected chi connectivity index (χ0v) is 25.0. The molecule has 1 N–H and O–H groups in total. The third-order valence-corrected chi connectivity index (χ3v) is 8.18. The van der Waals surface area contributed by atoms with Crippen molar-refractivity contribution in [3.63, 3.8) is 0 Å². The summed E-state index contributed by atoms with van der Waals surface area (Å²) in [7, 11) is -2.68. The number of ether oxygens (including phenoxy) is 2. The molecule has 0 aliphatic carbocycles. The van der Waals surface area contributed by atoms with E-state index in [4.69, 9.17) is 9.47 Å². The summed E-state index contributed by atoms with van der Waals surface area (Å²) in [6, 6.07) is 21.6. The number of aromatic nitrogens is 2. The van der Waals surface area contributed by atoms with Crippen LogP contribution in [0.15, 0.2) is 106 Å². The van der Waals surface area contributed by atoms with Gasteiger partial charge in [0, 0.05) is 7.05 Å². The van der Waals surface area contributed by atoms with Crippen molar-refractivity contribution in [2.75, 3.05) is 24.1 Å². The molecule has 0 fully saturated rings. The van der Waals surface area contributed by atoms with E-state index in [1.807, 2.05) is 13.0 Å². The minimum atomic E-state index is -4.32. The van der Waals surface area contributed by atoms with Crippen molar-refractivity contribution in [2.45, 2.75) is 18.7 Å². The molecule has 0 bridgehead atoms. The predicted octanol–water partition coefficient (Wildman–Crippen LogP) is 3.79. The molecular formula is C31H33N5O6S. The van der Waals surface area contributed by atoms with Gasteiger partial charge in [-0.2, -0.15) is 5.10 Å². The van der Waals surface area contributed by atoms with E-state index in [9.17, 15) is 18.0 Å². The number of hydrazone groups is 1. The van der Waals surface area contributed by atoms with Crippen LogP contribution in [-0.4, -0.2) is 49.7 Å². The van der Waals surface area contributed by atoms with Crippen LogP contribution in [0.25, 0.3) is 5.69 Å². The first kappa shape index (κ1) is 30.8. The smallest absolute Gasteiger partial charge is 0.296 e. The molecular weight excluding hydrogens is 570 g/mol. The largest absolute Gasteiger partial charge is 0.490 e. The molecule has 0 spiro atoms. The molecule has 11 nitrogen and oxygen atoms in total. The maximum Gasteiger partial charge on any atom is 0.296 e. The third-order valence-electron chi connectivity index (χ3n) is 6.42. The van der Waals surface area contributed by atoms with Crippen LogP contribution in [0.5, 0.6) is 11.5 Å². The Morgan fingerprint density at radius 2 is 1.70 bits per heavy atom. The van der Waals surface area contributed by atoms with E-state index in [1.165, 1.54) is 23.0 Å². The summed E-state index contributed by atoms with van der Waals surface area (Å²) < 4.78 is 42.7. The summed E-state index contributed by atoms with van der Waals surface area (Å²) in [6.45, 7) is 7.14. The highest BCUT2D eigenvalue weighted by Gasteiger charge is 2.33. The van der Waals surface area contributed by atoms with Gasteiger partial charge in [-0.1, -0.05) is 49.1 Å². The topological polar surface area (TPSA) is 124 Å². The van der Waals surface area contributed by atoms with Crippen LogP contribution in [0.2, 0.25) is 0 Å². The number of benzene rings is 3. The lowest BCUT2D eigenvalue weighted by Crippen LogP contribution is -2.42. The number of nitrogens with zero attached hydrogens (tertiary/aromatic N) is 4. The normalized spacial score (nSPS) is 11.3. The average Bonchev–Trinajstić information content (AvgIpc) is 3.23. The van der Waals surface area contributed by atoms with Crippen molar-refractivity contribution in [3.8, 4) is 17.2 Å². The molecule has 0 saturated carbocycles. The Morgan fingerprint density at radius 1 is 1.02 bits per heavy atom. The fraction of sp³-hybridized carbons (Fsp3) is 0.194. The maximum atomic E-state index is 13.8. The van der Waals surface area contributed by atoms with Crippen molar-refractivity contribution in [2.24, 2.45) is 12.1 Å². The van der Waals surface area contributed by atoms with Gasteiger partial charge in [-0.05, 0) is 61.9 Å². The number of anilines is 1. The lowest BCUT2D eigenvalue weighted by atomic mass is 10.2. The van der Waals surface area contributed by atoms with Crippen molar-refractivity contribution >= 4 is 27.8 Å². The number of carbonyl (C=O) groups is 1. The van der Waals surface area contributed by atoms with E-state index in [2.05, 4.69) is 17.1 Å². The van der Waals surface area contributed by atoms with Gasteiger partial charge < -0.3 is 9.47 Å². The first-order chi connectivity index (χ1) is 20.7. The Balaban J connectivity index is 1.65. The summed E-state index contributed by atoms with van der Waals surface area (Å²) in [6.07, 6.45) is 3.01. The molecule has 0 saturated heterocycles. The standard InChI is InChI=1S/C31H33N5O6S/c1-5-19-42-27-18-17-24(20-28(27)41-6-2)21-32-33-29(37)22-35(43(39,40)26-15-11-8-12-16-26)30-23(3)34(4)36(31(30)38)25-13-9-7-10-14-25/h5,7-18,20-21H,1,6,19,22H2,2-4H3,(H,33,37)/b32-21-. The summed E-state index contributed by atoms with van der Waals surface area (Å²) >= 11 is 0. The van der Waals surface area contributed by atoms with Gasteiger partial charge >= 0.3 is 0 Å². The van der Waals surface area contributed by atoms with Crippen LogP contribution in [0.1, 0.15) is 18.2 Å². The molecule has 0 aliphatic heterocycles. The van der Waals surface area contributed by atoms with Gasteiger partial charge in [0.05, 0.1) is 29.1 Å². The Bertz CT molecular complexity index is 1780. The zero-order chi connectivity index (χ0) is 31.0. The molecule has 1 heterocycles. The monoisotopic (exact) mass is 603 g/mol. The van der Waals surface area contributed by atoms with Gasteiger partial charge in [0.2, 0.25) is 0 Å². The second kappa shape index (κ2) is 13.7. The average molecular weight is 604 g/mol. The highest BCUT2D eigenvalue weighted by atomic mass is 32.2. The van der Waals surface area contributed by atoms with Gasteiger partial charge in [0.25, 0.3) is 21.5 Å². The molecule has 4 aromatic rings. The molecule has 3 aromatic carbocycles. The molecule has 0 aliphatic rings. The van der Waals surface area contributed by atoms with Crippen molar-refractivity contribution in [1.29, 1.82) is 0 Å². The van der Waals surface area contributed by atoms with Crippen molar-refractivity contribution in [1.82, 2.24) is 14.8 Å². The van der Waals surface area contributed by atoms with E-state index in [0.717, 1.165) is 4.31 Å². The Morgan fingerprint density at radius 3 is 2.35 bits per heavy atom. The molecule has 0 unspecified atom stereocenters. The number of amides is 1. The summed E-state index contributed by atoms with van der Waals surface area (Å²) in [5, 5.41) is 4.00. The number of rotatable bonds is 13. The van der Waals surface area contributed by atoms with Crippen molar-refractivity contribution < 1.29 is 22.7 Å². The Labute approximate surface area is 250 Å². The summed E-state index contributed by atoms with van der Waals surface area (Å²) in [4.78, 5) is 26.8. The lowest BCUT2D eigenvalue weighted by Gasteiger charge is -2.22. The molecule has 0 atom stereocenters. The van der Waals surface area contributed by atoms with E-state index in [0.29, 0.717) is 41.7 Å². The SMILES string of the molecule is C=CCOc1ccc(/C=N\NC(=O)CN(c2c(C)n(C)n(-c3ccccc3)c2=O)S(=O)(=O)c2ccccc2)cc1OCC. The van der Waals surface area contributed by atoms with E-state index < -0.39 is 28.0 Å². The van der Waals surface area contributed by atoms with Crippen LogP contribution in [0.4, 0.5) is 5.69 Å². The minimum absolute atomic E-state index is 0.0672. The van der Waals surface area contributed by atoms with Crippen LogP contribution in [0, 0.1) is 6.92 Å². The highest BCUT2D eigenvalue weighted by Crippen LogP contribution is 2.28. The Hall–Kier alpha value is -5.10. The molecule has 4 rings (SSSR count). The van der Waals surface area contributed by atoms with Gasteiger partial charge in [-0.25, -0.2) is 22.8 Å². The molecule has 1 aromatic heterocycles. The number of para-hydroxylation sites is 1. The fourth-order valence-electron chi connectivity index (χ4n) is 4.33. The quantitative estimate of drug-likeness (QED) is 0.141. The molecule has 224 valence electrons. The third kappa shape index (κ3) is 6.87. The van der Waals surface area contributed by atoms with Gasteiger partial charge in [0.15, 0.2) is 11.5 Å². The number of hydrogen-bond acceptors (Lipinski definition) is 7. The van der Waals surface area contributed by atoms with Gasteiger partial charge in [0.1, 0.15) is 18.8 Å². The maximum absolute atomic E-state index is 13.8. The van der Waals surface area contributed by atoms with Gasteiger partial charge in [-0.15, -0.1) is 0 Å².